The van der Waals surface area contributed by atoms with Crippen molar-refractivity contribution in [3.63, 3.8) is 0 Å². The Hall–Kier alpha value is 0.310. The lowest BCUT2D eigenvalue weighted by Gasteiger charge is -2.06. The number of aliphatic hydroxyl groups excluding tert-OH is 1. The number of ether oxygens (including phenoxy) is 1. The van der Waals surface area contributed by atoms with Gasteiger partial charge in [0.2, 0.25) is 1.43 Å². The van der Waals surface area contributed by atoms with E-state index in [-0.39, 0.29) is 8.15 Å². The van der Waals surface area contributed by atoms with E-state index in [1.54, 1.807) is 0 Å². The predicted octanol–water partition coefficient (Wildman–Crippen LogP) is 0.668. The molecule has 0 unspecified atom stereocenters. The lowest BCUT2D eigenvalue weighted by atomic mass is 10.7. The average molecular weight is 167 g/mol. The molecule has 0 atom stereocenters. The lowest BCUT2D eigenvalue weighted by Crippen LogP contribution is -2.05. The van der Waals surface area contributed by atoms with E-state index in [1.807, 2.05) is 13.3 Å². The van der Waals surface area contributed by atoms with Crippen LogP contribution in [0.3, 0.4) is 0 Å². The van der Waals surface area contributed by atoms with Crippen LogP contribution in [0.4, 0.5) is 0 Å². The van der Waals surface area contributed by atoms with Crippen molar-refractivity contribution in [2.24, 2.45) is 0 Å². The van der Waals surface area contributed by atoms with Crippen molar-refractivity contribution in [3.8, 4) is 0 Å². The van der Waals surface area contributed by atoms with Crippen molar-refractivity contribution in [3.05, 3.63) is 0 Å². The van der Waals surface area contributed by atoms with Crippen LogP contribution < -0.4 is 0 Å². The van der Waals surface area contributed by atoms with E-state index < -0.39 is 0 Å². The van der Waals surface area contributed by atoms with Gasteiger partial charge in [-0.15, -0.1) is 0 Å². The minimum Gasteiger partial charge on any atom is -0.394 e. The van der Waals surface area contributed by atoms with Gasteiger partial charge in [-0.05, 0) is 13.3 Å². The third kappa shape index (κ3) is 8.31. The van der Waals surface area contributed by atoms with E-state index in [2.05, 4.69) is 5.11 Å². The maximum absolute atomic E-state index is 6.34. The molecule has 0 aliphatic rings. The first-order chi connectivity index (χ1) is 5.27. The fourth-order valence-corrected chi connectivity index (χ4v) is 0.879. The maximum atomic E-state index is 6.34. The van der Waals surface area contributed by atoms with Crippen LogP contribution in [0.5, 0.6) is 0 Å². The molecule has 0 aromatic heterocycles. The first-order valence-corrected chi connectivity index (χ1v) is 5.39. The minimum atomic E-state index is -0.273. The fraction of sp³-hybridized carbons (Fsp3) is 1.00. The molecule has 3 nitrogen and oxygen atoms in total. The summed E-state index contributed by atoms with van der Waals surface area (Å²) in [5.74, 6) is 0. The van der Waals surface area contributed by atoms with Crippen molar-refractivity contribution in [2.45, 2.75) is 0 Å². The molecule has 1 N–H and O–H groups in total. The van der Waals surface area contributed by atoms with Crippen LogP contribution in [0.15, 0.2) is 0 Å². The van der Waals surface area contributed by atoms with Crippen LogP contribution in [-0.4, -0.2) is 46.3 Å². The molecule has 0 saturated heterocycles. The molecular formula is C6H15O3P. The summed E-state index contributed by atoms with van der Waals surface area (Å²) in [6.45, 7) is 6.11. The van der Waals surface area contributed by atoms with Crippen LogP contribution in [-0.2, 0) is 9.26 Å². The van der Waals surface area contributed by atoms with Gasteiger partial charge in [-0.1, -0.05) is 0 Å². The first-order valence-electron chi connectivity index (χ1n) is 3.64. The molecule has 0 saturated carbocycles. The third-order valence-electron chi connectivity index (χ3n) is 0.805. The molecule has 0 aromatic rings. The summed E-state index contributed by atoms with van der Waals surface area (Å²) in [6.07, 6.45) is 0. The van der Waals surface area contributed by atoms with E-state index in [9.17, 15) is 0 Å². The van der Waals surface area contributed by atoms with Gasteiger partial charge < -0.3 is 14.4 Å². The largest absolute Gasteiger partial charge is 0.394 e. The van der Waals surface area contributed by atoms with Gasteiger partial charge in [0, 0.05) is 8.15 Å². The molecule has 0 heterocycles. The molecule has 0 bridgehead atoms. The predicted molar refractivity (Wildman–Crippen MR) is 42.6 cm³/mol. The van der Waals surface area contributed by atoms with E-state index in [0.29, 0.717) is 26.4 Å². The molecule has 0 aromatic carbocycles. The van der Waals surface area contributed by atoms with Gasteiger partial charge in [0.15, 0.2) is 0 Å². The lowest BCUT2D eigenvalue weighted by molar-refractivity contribution is 0.0734. The number of aliphatic hydroxyl groups is 1. The van der Waals surface area contributed by atoms with Gasteiger partial charge in [-0.25, -0.2) is 0 Å². The summed E-state index contributed by atoms with van der Waals surface area (Å²) in [4.78, 5) is 0. The second-order valence-corrected chi connectivity index (χ2v) is 3.85. The van der Waals surface area contributed by atoms with E-state index >= 15 is 0 Å². The van der Waals surface area contributed by atoms with Crippen molar-refractivity contribution in [1.82, 2.24) is 0 Å². The zero-order valence-corrected chi connectivity index (χ0v) is 7.39. The van der Waals surface area contributed by atoms with Crippen molar-refractivity contribution < 1.29 is 14.4 Å². The van der Waals surface area contributed by atoms with E-state index in [1.165, 1.54) is 0 Å². The smallest absolute Gasteiger partial charge is 0.210 e. The average Bonchev–Trinajstić information content (AvgIpc) is 1.96. The van der Waals surface area contributed by atoms with Gasteiger partial charge in [0.25, 0.3) is 0 Å². The normalized spacial score (nSPS) is 12.1. The first kappa shape index (κ1) is 8.41. The van der Waals surface area contributed by atoms with E-state index in [4.69, 9.17) is 10.7 Å². The molecule has 0 radical (unpaired) electrons. The Bertz CT molecular complexity index is 82.2. The SMILES string of the molecule is [2H]OCCOCCOP(C)C. The van der Waals surface area contributed by atoms with Crippen LogP contribution in [0.25, 0.3) is 0 Å². The second-order valence-electron chi connectivity index (χ2n) is 1.96. The summed E-state index contributed by atoms with van der Waals surface area (Å²) in [5.41, 5.74) is 0. The summed E-state index contributed by atoms with van der Waals surface area (Å²) in [5, 5.41) is 4.06. The Balaban J connectivity index is 2.80. The molecule has 0 amide bonds. The molecule has 0 aliphatic carbocycles. The van der Waals surface area contributed by atoms with E-state index in [0.717, 1.165) is 0 Å². The molecule has 4 heteroatoms. The Labute approximate surface area is 64.7 Å². The number of hydrogen-bond donors (Lipinski definition) is 1. The summed E-state index contributed by atoms with van der Waals surface area (Å²) in [6, 6.07) is 0. The Morgan fingerprint density at radius 2 is 2.20 bits per heavy atom. The summed E-state index contributed by atoms with van der Waals surface area (Å²) < 4.78 is 16.7. The molecule has 0 fully saturated rings. The Morgan fingerprint density at radius 3 is 2.80 bits per heavy atom. The van der Waals surface area contributed by atoms with Gasteiger partial charge >= 0.3 is 0 Å². The second kappa shape index (κ2) is 7.42. The standard InChI is InChI=1S/C6H15O3P/c1-10(2)9-6-5-8-4-3-7/h7H,3-6H2,1-2H3/i7D. The van der Waals surface area contributed by atoms with Crippen molar-refractivity contribution >= 4 is 8.15 Å². The zero-order chi connectivity index (χ0) is 8.53. The quantitative estimate of drug-likeness (QED) is 0.447. The van der Waals surface area contributed by atoms with Crippen LogP contribution >= 0.6 is 8.15 Å². The van der Waals surface area contributed by atoms with Crippen molar-refractivity contribution in [2.75, 3.05) is 39.8 Å². The fourth-order valence-electron chi connectivity index (χ4n) is 0.440. The Kier molecular flexibility index (Phi) is 6.24. The highest BCUT2D eigenvalue weighted by Gasteiger charge is 1.91. The molecular weight excluding hydrogens is 151 g/mol. The molecule has 0 spiro atoms. The monoisotopic (exact) mass is 167 g/mol. The highest BCUT2D eigenvalue weighted by Crippen LogP contribution is 2.24. The highest BCUT2D eigenvalue weighted by molar-refractivity contribution is 7.50. The highest BCUT2D eigenvalue weighted by atomic mass is 31.1. The topological polar surface area (TPSA) is 38.7 Å². The van der Waals surface area contributed by atoms with Crippen LogP contribution in [0.1, 0.15) is 0 Å². The minimum absolute atomic E-state index is 0.273. The molecule has 10 heavy (non-hydrogen) atoms. The van der Waals surface area contributed by atoms with Crippen LogP contribution in [0, 0.1) is 0 Å². The number of rotatable bonds is 7. The van der Waals surface area contributed by atoms with Gasteiger partial charge in [0.05, 0.1) is 26.4 Å². The number of hydrogen-bond acceptors (Lipinski definition) is 3. The molecule has 0 rings (SSSR count). The van der Waals surface area contributed by atoms with Crippen LogP contribution in [0.2, 0.25) is 0 Å². The molecule has 62 valence electrons. The third-order valence-corrected chi connectivity index (χ3v) is 1.50. The van der Waals surface area contributed by atoms with Gasteiger partial charge in [-0.3, -0.25) is 0 Å². The molecule has 0 aliphatic heterocycles. The van der Waals surface area contributed by atoms with Crippen molar-refractivity contribution in [1.29, 1.82) is 1.43 Å². The van der Waals surface area contributed by atoms with Gasteiger partial charge in [0.1, 0.15) is 0 Å². The maximum Gasteiger partial charge on any atom is 0.210 e. The summed E-state index contributed by atoms with van der Waals surface area (Å²) in [7, 11) is -0.273. The van der Waals surface area contributed by atoms with Gasteiger partial charge in [-0.2, -0.15) is 0 Å². The Morgan fingerprint density at radius 1 is 1.40 bits per heavy atom. The zero-order valence-electron chi connectivity index (χ0n) is 7.50. The summed E-state index contributed by atoms with van der Waals surface area (Å²) >= 11 is 0.